The Kier molecular flexibility index (Phi) is 7.71. The van der Waals surface area contributed by atoms with E-state index in [1.54, 1.807) is 13.1 Å². The van der Waals surface area contributed by atoms with E-state index in [9.17, 15) is 9.59 Å². The average molecular weight is 343 g/mol. The highest BCUT2D eigenvalue weighted by atomic mass is 16.6. The summed E-state index contributed by atoms with van der Waals surface area (Å²) in [6, 6.07) is 7.57. The zero-order valence-corrected chi connectivity index (χ0v) is 15.4. The number of carbonyl (C=O) groups is 2. The van der Waals surface area contributed by atoms with Gasteiger partial charge in [-0.05, 0) is 25.0 Å². The number of nitrogens with zero attached hydrogens (tertiary/aromatic N) is 1. The molecular formula is C21H29NO3. The number of allylic oxidation sites excluding steroid dienone is 1. The molecule has 25 heavy (non-hydrogen) atoms. The second-order valence-corrected chi connectivity index (χ2v) is 6.43. The van der Waals surface area contributed by atoms with Crippen LogP contribution in [0.4, 0.5) is 10.5 Å². The minimum absolute atomic E-state index is 0.225. The Bertz CT molecular complexity index is 609. The van der Waals surface area contributed by atoms with Gasteiger partial charge in [-0.25, -0.2) is 4.79 Å². The molecule has 0 bridgehead atoms. The van der Waals surface area contributed by atoms with Crippen molar-refractivity contribution >= 4 is 17.6 Å². The number of carbonyl (C=O) groups excluding carboxylic acids is 2. The molecule has 1 amide bonds. The van der Waals surface area contributed by atoms with Gasteiger partial charge in [0.25, 0.3) is 0 Å². The molecule has 2 rings (SSSR count). The fourth-order valence-corrected chi connectivity index (χ4v) is 3.19. The van der Waals surface area contributed by atoms with E-state index in [0.29, 0.717) is 13.0 Å². The van der Waals surface area contributed by atoms with Crippen LogP contribution in [-0.2, 0) is 9.53 Å². The van der Waals surface area contributed by atoms with Gasteiger partial charge in [0.1, 0.15) is 5.78 Å². The van der Waals surface area contributed by atoms with Crippen molar-refractivity contribution in [1.29, 1.82) is 0 Å². The third-order valence-corrected chi connectivity index (χ3v) is 4.55. The maximum Gasteiger partial charge on any atom is 0.418 e. The van der Waals surface area contributed by atoms with Crippen LogP contribution in [0.2, 0.25) is 0 Å². The van der Waals surface area contributed by atoms with E-state index in [-0.39, 0.29) is 11.7 Å². The normalized spacial score (nSPS) is 15.8. The smallest absolute Gasteiger partial charge is 0.418 e. The fraction of sp³-hybridized carbons (Fsp3) is 0.524. The van der Waals surface area contributed by atoms with Gasteiger partial charge in [-0.15, -0.1) is 0 Å². The SMILES string of the molecule is CCCCCCCCC(=O)C1C=CN(C(=O)OCC)c2ccccc21. The van der Waals surface area contributed by atoms with Crippen LogP contribution in [0.25, 0.3) is 0 Å². The lowest BCUT2D eigenvalue weighted by atomic mass is 9.88. The number of fused-ring (bicyclic) bond motifs is 1. The molecule has 1 heterocycles. The quantitative estimate of drug-likeness (QED) is 0.550. The van der Waals surface area contributed by atoms with Gasteiger partial charge < -0.3 is 4.74 Å². The largest absolute Gasteiger partial charge is 0.449 e. The Balaban J connectivity index is 1.99. The van der Waals surface area contributed by atoms with Gasteiger partial charge in [0.2, 0.25) is 0 Å². The van der Waals surface area contributed by atoms with Crippen LogP contribution < -0.4 is 4.90 Å². The number of hydrogen-bond acceptors (Lipinski definition) is 3. The highest BCUT2D eigenvalue weighted by Gasteiger charge is 2.28. The van der Waals surface area contributed by atoms with Crippen molar-refractivity contribution in [2.45, 2.75) is 64.7 Å². The Morgan fingerprint density at radius 2 is 1.76 bits per heavy atom. The molecule has 0 saturated carbocycles. The number of benzene rings is 1. The summed E-state index contributed by atoms with van der Waals surface area (Å²) in [5.74, 6) is -0.0415. The molecule has 0 aliphatic carbocycles. The van der Waals surface area contributed by atoms with Crippen LogP contribution >= 0.6 is 0 Å². The summed E-state index contributed by atoms with van der Waals surface area (Å²) in [4.78, 5) is 26.2. The summed E-state index contributed by atoms with van der Waals surface area (Å²) < 4.78 is 5.10. The molecule has 0 radical (unpaired) electrons. The first-order valence-electron chi connectivity index (χ1n) is 9.45. The van der Waals surface area contributed by atoms with E-state index >= 15 is 0 Å². The number of ketones is 1. The maximum atomic E-state index is 12.7. The molecule has 1 aromatic rings. The van der Waals surface area contributed by atoms with Gasteiger partial charge >= 0.3 is 6.09 Å². The number of hydrogen-bond donors (Lipinski definition) is 0. The van der Waals surface area contributed by atoms with Crippen LogP contribution in [0.5, 0.6) is 0 Å². The number of para-hydroxylation sites is 1. The first-order chi connectivity index (χ1) is 12.2. The van der Waals surface area contributed by atoms with Gasteiger partial charge in [-0.1, -0.05) is 63.3 Å². The summed E-state index contributed by atoms with van der Waals surface area (Å²) in [6.45, 7) is 4.31. The second kappa shape index (κ2) is 10.0. The van der Waals surface area contributed by atoms with E-state index in [4.69, 9.17) is 4.74 Å². The summed E-state index contributed by atoms with van der Waals surface area (Å²) in [6.07, 6.45) is 10.7. The first-order valence-corrected chi connectivity index (χ1v) is 9.45. The molecule has 4 nitrogen and oxygen atoms in total. The lowest BCUT2D eigenvalue weighted by Gasteiger charge is -2.28. The molecule has 0 N–H and O–H groups in total. The van der Waals surface area contributed by atoms with Crippen LogP contribution in [0.15, 0.2) is 36.5 Å². The molecule has 136 valence electrons. The van der Waals surface area contributed by atoms with Crippen molar-refractivity contribution in [3.05, 3.63) is 42.1 Å². The summed E-state index contributed by atoms with van der Waals surface area (Å²) >= 11 is 0. The lowest BCUT2D eigenvalue weighted by Crippen LogP contribution is -2.31. The lowest BCUT2D eigenvalue weighted by molar-refractivity contribution is -0.119. The third-order valence-electron chi connectivity index (χ3n) is 4.55. The number of ether oxygens (including phenoxy) is 1. The van der Waals surface area contributed by atoms with Crippen molar-refractivity contribution in [3.63, 3.8) is 0 Å². The van der Waals surface area contributed by atoms with Gasteiger partial charge in [0.15, 0.2) is 0 Å². The Morgan fingerprint density at radius 1 is 1.04 bits per heavy atom. The number of anilines is 1. The highest BCUT2D eigenvalue weighted by molar-refractivity contribution is 5.97. The van der Waals surface area contributed by atoms with E-state index in [2.05, 4.69) is 6.92 Å². The zero-order chi connectivity index (χ0) is 18.1. The third kappa shape index (κ3) is 5.18. The molecule has 0 spiro atoms. The Hall–Kier alpha value is -2.10. The summed E-state index contributed by atoms with van der Waals surface area (Å²) in [5, 5.41) is 0. The average Bonchev–Trinajstić information content (AvgIpc) is 2.63. The minimum Gasteiger partial charge on any atom is -0.449 e. The van der Waals surface area contributed by atoms with Crippen LogP contribution in [0, 0.1) is 0 Å². The molecule has 1 aliphatic heterocycles. The van der Waals surface area contributed by atoms with Crippen LogP contribution in [0.3, 0.4) is 0 Å². The highest BCUT2D eigenvalue weighted by Crippen LogP contribution is 2.35. The molecule has 0 aromatic heterocycles. The first kappa shape index (κ1) is 19.2. The Morgan fingerprint density at radius 3 is 2.52 bits per heavy atom. The monoisotopic (exact) mass is 343 g/mol. The number of amides is 1. The van der Waals surface area contributed by atoms with E-state index in [1.807, 2.05) is 30.3 Å². The van der Waals surface area contributed by atoms with E-state index < -0.39 is 6.09 Å². The number of Topliss-reactive ketones (excluding diaryl/α,β-unsaturated/α-hetero) is 1. The van der Waals surface area contributed by atoms with Crippen LogP contribution in [-0.4, -0.2) is 18.5 Å². The number of rotatable bonds is 9. The predicted molar refractivity (Wildman–Crippen MR) is 101 cm³/mol. The predicted octanol–water partition coefficient (Wildman–Crippen LogP) is 5.58. The summed E-state index contributed by atoms with van der Waals surface area (Å²) in [5.41, 5.74) is 1.62. The number of unbranched alkanes of at least 4 members (excludes halogenated alkanes) is 5. The van der Waals surface area contributed by atoms with Gasteiger partial charge in [0.05, 0.1) is 18.2 Å². The van der Waals surface area contributed by atoms with Crippen LogP contribution in [0.1, 0.15) is 70.3 Å². The van der Waals surface area contributed by atoms with Crippen molar-refractivity contribution < 1.29 is 14.3 Å². The van der Waals surface area contributed by atoms with Gasteiger partial charge in [-0.2, -0.15) is 0 Å². The summed E-state index contributed by atoms with van der Waals surface area (Å²) in [7, 11) is 0. The molecular weight excluding hydrogens is 314 g/mol. The van der Waals surface area contributed by atoms with Crippen molar-refractivity contribution in [3.8, 4) is 0 Å². The molecule has 1 aliphatic rings. The molecule has 0 fully saturated rings. The molecule has 1 unspecified atom stereocenters. The topological polar surface area (TPSA) is 46.6 Å². The maximum absolute atomic E-state index is 12.7. The van der Waals surface area contributed by atoms with Crippen molar-refractivity contribution in [2.75, 3.05) is 11.5 Å². The second-order valence-electron chi connectivity index (χ2n) is 6.43. The fourth-order valence-electron chi connectivity index (χ4n) is 3.19. The van der Waals surface area contributed by atoms with E-state index in [0.717, 1.165) is 24.1 Å². The molecule has 0 saturated heterocycles. The van der Waals surface area contributed by atoms with Crippen molar-refractivity contribution in [1.82, 2.24) is 0 Å². The Labute approximate surface area is 150 Å². The van der Waals surface area contributed by atoms with E-state index in [1.165, 1.54) is 30.6 Å². The standard InChI is InChI=1S/C21H29NO3/c1-3-5-6-7-8-9-14-20(23)18-15-16-22(21(24)25-4-2)19-13-11-10-12-17(18)19/h10-13,15-16,18H,3-9,14H2,1-2H3. The minimum atomic E-state index is -0.409. The van der Waals surface area contributed by atoms with Gasteiger partial charge in [-0.3, -0.25) is 9.69 Å². The molecule has 4 heteroatoms. The zero-order valence-electron chi connectivity index (χ0n) is 15.4. The van der Waals surface area contributed by atoms with Gasteiger partial charge in [0, 0.05) is 12.6 Å². The van der Waals surface area contributed by atoms with Crippen molar-refractivity contribution in [2.24, 2.45) is 0 Å². The molecule has 1 atom stereocenters. The molecule has 1 aromatic carbocycles.